The lowest BCUT2D eigenvalue weighted by molar-refractivity contribution is -0.128. The van der Waals surface area contributed by atoms with E-state index in [1.165, 1.54) is 0 Å². The van der Waals surface area contributed by atoms with Gasteiger partial charge in [-0.25, -0.2) is 0 Å². The Balaban J connectivity index is 1.76. The van der Waals surface area contributed by atoms with Crippen LogP contribution in [0.1, 0.15) is 57.4 Å². The minimum absolute atomic E-state index is 0.0168. The van der Waals surface area contributed by atoms with Gasteiger partial charge in [0.25, 0.3) is 0 Å². The fourth-order valence-corrected chi connectivity index (χ4v) is 3.26. The first-order chi connectivity index (χ1) is 12.1. The second-order valence-corrected chi connectivity index (χ2v) is 6.73. The molecule has 5 heteroatoms. The molecule has 5 nitrogen and oxygen atoms in total. The first kappa shape index (κ1) is 19.0. The summed E-state index contributed by atoms with van der Waals surface area (Å²) in [7, 11) is 0. The van der Waals surface area contributed by atoms with Gasteiger partial charge in [0.15, 0.2) is 0 Å². The molecule has 0 saturated heterocycles. The highest BCUT2D eigenvalue weighted by molar-refractivity contribution is 5.93. The topological polar surface area (TPSA) is 82.0 Å². The number of hydrogen-bond donors (Lipinski definition) is 2. The predicted molar refractivity (Wildman–Crippen MR) is 97.8 cm³/mol. The quantitative estimate of drug-likeness (QED) is 0.743. The zero-order valence-corrected chi connectivity index (χ0v) is 14.9. The summed E-state index contributed by atoms with van der Waals surface area (Å²) in [5.74, 6) is 0.0936. The molecule has 134 valence electrons. The van der Waals surface area contributed by atoms with Gasteiger partial charge in [0.1, 0.15) is 0 Å². The van der Waals surface area contributed by atoms with Crippen LogP contribution in [0.15, 0.2) is 24.3 Å². The Morgan fingerprint density at radius 2 is 1.80 bits per heavy atom. The van der Waals surface area contributed by atoms with E-state index in [2.05, 4.69) is 23.6 Å². The Morgan fingerprint density at radius 3 is 2.44 bits per heavy atom. The molecule has 0 aromatic heterocycles. The number of nitriles is 1. The number of carbonyl (C=O) groups is 2. The minimum atomic E-state index is -0.0603. The summed E-state index contributed by atoms with van der Waals surface area (Å²) < 4.78 is 0. The first-order valence-electron chi connectivity index (χ1n) is 9.22. The molecule has 1 saturated carbocycles. The zero-order chi connectivity index (χ0) is 18.1. The van der Waals surface area contributed by atoms with E-state index < -0.39 is 0 Å². The van der Waals surface area contributed by atoms with Gasteiger partial charge in [-0.1, -0.05) is 25.8 Å². The van der Waals surface area contributed by atoms with Crippen molar-refractivity contribution >= 4 is 17.5 Å². The van der Waals surface area contributed by atoms with Crippen molar-refractivity contribution in [2.24, 2.45) is 11.8 Å². The van der Waals surface area contributed by atoms with Crippen LogP contribution in [0.3, 0.4) is 0 Å². The average molecular weight is 341 g/mol. The number of nitrogens with one attached hydrogen (secondary N) is 2. The molecule has 0 unspecified atom stereocenters. The summed E-state index contributed by atoms with van der Waals surface area (Å²) in [6, 6.07) is 8.99. The summed E-state index contributed by atoms with van der Waals surface area (Å²) in [5.41, 5.74) is 1.18. The van der Waals surface area contributed by atoms with Crippen molar-refractivity contribution in [3.63, 3.8) is 0 Å². The molecule has 2 rings (SSSR count). The van der Waals surface area contributed by atoms with Crippen molar-refractivity contribution in [2.45, 2.75) is 51.9 Å². The Bertz CT molecular complexity index is 628. The number of hydrogen-bond acceptors (Lipinski definition) is 3. The fourth-order valence-electron chi connectivity index (χ4n) is 3.26. The highest BCUT2D eigenvalue weighted by Gasteiger charge is 2.29. The van der Waals surface area contributed by atoms with Crippen LogP contribution in [-0.4, -0.2) is 18.4 Å². The van der Waals surface area contributed by atoms with Crippen molar-refractivity contribution in [2.75, 3.05) is 11.9 Å². The molecule has 0 atom stereocenters. The van der Waals surface area contributed by atoms with Gasteiger partial charge in [0.2, 0.25) is 11.8 Å². The van der Waals surface area contributed by atoms with Crippen LogP contribution in [0.25, 0.3) is 0 Å². The minimum Gasteiger partial charge on any atom is -0.356 e. The van der Waals surface area contributed by atoms with Crippen LogP contribution in [0.4, 0.5) is 5.69 Å². The lowest BCUT2D eigenvalue weighted by Gasteiger charge is -2.27. The molecule has 1 aliphatic rings. The van der Waals surface area contributed by atoms with Crippen LogP contribution in [-0.2, 0) is 9.59 Å². The van der Waals surface area contributed by atoms with Crippen molar-refractivity contribution in [3.05, 3.63) is 29.8 Å². The third-order valence-electron chi connectivity index (χ3n) is 4.81. The third kappa shape index (κ3) is 5.90. The predicted octanol–water partition coefficient (Wildman–Crippen LogP) is 3.61. The molecular weight excluding hydrogens is 314 g/mol. The molecule has 0 radical (unpaired) electrons. The molecule has 1 aliphatic carbocycles. The Hall–Kier alpha value is -2.35. The molecule has 0 spiro atoms. The van der Waals surface area contributed by atoms with E-state index in [0.717, 1.165) is 51.5 Å². The van der Waals surface area contributed by atoms with Crippen LogP contribution in [0.5, 0.6) is 0 Å². The summed E-state index contributed by atoms with van der Waals surface area (Å²) in [6.07, 6.45) is 6.30. The highest BCUT2D eigenvalue weighted by atomic mass is 16.2. The van der Waals surface area contributed by atoms with Crippen molar-refractivity contribution in [3.8, 4) is 6.07 Å². The van der Waals surface area contributed by atoms with Gasteiger partial charge in [0, 0.05) is 24.1 Å². The van der Waals surface area contributed by atoms with E-state index in [-0.39, 0.29) is 23.7 Å². The molecule has 2 amide bonds. The lowest BCUT2D eigenvalue weighted by atomic mass is 9.81. The normalized spacial score (nSPS) is 19.7. The van der Waals surface area contributed by atoms with Crippen LogP contribution < -0.4 is 10.6 Å². The Morgan fingerprint density at radius 1 is 1.12 bits per heavy atom. The number of amides is 2. The van der Waals surface area contributed by atoms with Crippen LogP contribution in [0, 0.1) is 23.2 Å². The van der Waals surface area contributed by atoms with Crippen molar-refractivity contribution in [1.29, 1.82) is 5.26 Å². The standard InChI is InChI=1S/C20H27N3O2/c1-2-3-4-12-22-19(24)16-8-10-17(11-9-16)20(25)23-18-7-5-6-15(13-18)14-21/h5-7,13,16-17H,2-4,8-12H2,1H3,(H,22,24)(H,23,25). The Kier molecular flexibility index (Phi) is 7.46. The number of benzene rings is 1. The molecule has 0 heterocycles. The fraction of sp³-hybridized carbons (Fsp3) is 0.550. The summed E-state index contributed by atoms with van der Waals surface area (Å²) in [6.45, 7) is 2.90. The van der Waals surface area contributed by atoms with Gasteiger partial charge in [-0.2, -0.15) is 5.26 Å². The number of nitrogens with zero attached hydrogens (tertiary/aromatic N) is 1. The number of unbranched alkanes of at least 4 members (excludes halogenated alkanes) is 2. The number of carbonyl (C=O) groups excluding carboxylic acids is 2. The number of rotatable bonds is 7. The molecule has 1 aromatic rings. The van der Waals surface area contributed by atoms with E-state index in [0.29, 0.717) is 11.3 Å². The zero-order valence-electron chi connectivity index (χ0n) is 14.9. The maximum Gasteiger partial charge on any atom is 0.227 e. The smallest absolute Gasteiger partial charge is 0.227 e. The van der Waals surface area contributed by atoms with Gasteiger partial charge in [-0.3, -0.25) is 9.59 Å². The third-order valence-corrected chi connectivity index (χ3v) is 4.81. The number of anilines is 1. The van der Waals surface area contributed by atoms with Crippen molar-refractivity contribution in [1.82, 2.24) is 5.32 Å². The summed E-state index contributed by atoms with van der Waals surface area (Å²) in [4.78, 5) is 24.6. The molecule has 1 aromatic carbocycles. The molecule has 1 fully saturated rings. The van der Waals surface area contributed by atoms with E-state index >= 15 is 0 Å². The van der Waals surface area contributed by atoms with Crippen LogP contribution in [0.2, 0.25) is 0 Å². The van der Waals surface area contributed by atoms with Gasteiger partial charge in [-0.15, -0.1) is 0 Å². The SMILES string of the molecule is CCCCCNC(=O)C1CCC(C(=O)Nc2cccc(C#N)c2)CC1. The maximum atomic E-state index is 12.4. The molecule has 2 N–H and O–H groups in total. The lowest BCUT2D eigenvalue weighted by Crippen LogP contribution is -2.35. The van der Waals surface area contributed by atoms with Crippen LogP contribution >= 0.6 is 0 Å². The first-order valence-corrected chi connectivity index (χ1v) is 9.22. The van der Waals surface area contributed by atoms with E-state index in [1.54, 1.807) is 24.3 Å². The second kappa shape index (κ2) is 9.83. The van der Waals surface area contributed by atoms with E-state index in [9.17, 15) is 9.59 Å². The summed E-state index contributed by atoms with van der Waals surface area (Å²) in [5, 5.41) is 14.8. The maximum absolute atomic E-state index is 12.4. The van der Waals surface area contributed by atoms with Gasteiger partial charge >= 0.3 is 0 Å². The van der Waals surface area contributed by atoms with Crippen molar-refractivity contribution < 1.29 is 9.59 Å². The largest absolute Gasteiger partial charge is 0.356 e. The second-order valence-electron chi connectivity index (χ2n) is 6.73. The van der Waals surface area contributed by atoms with Gasteiger partial charge in [0.05, 0.1) is 11.6 Å². The molecular formula is C20H27N3O2. The average Bonchev–Trinajstić information content (AvgIpc) is 2.65. The van der Waals surface area contributed by atoms with Gasteiger partial charge < -0.3 is 10.6 Å². The monoisotopic (exact) mass is 341 g/mol. The molecule has 25 heavy (non-hydrogen) atoms. The Labute approximate surface area is 149 Å². The van der Waals surface area contributed by atoms with Gasteiger partial charge in [-0.05, 0) is 50.3 Å². The van der Waals surface area contributed by atoms with E-state index in [4.69, 9.17) is 5.26 Å². The molecule has 0 aliphatic heterocycles. The highest BCUT2D eigenvalue weighted by Crippen LogP contribution is 2.30. The summed E-state index contributed by atoms with van der Waals surface area (Å²) >= 11 is 0. The molecule has 0 bridgehead atoms. The van der Waals surface area contributed by atoms with E-state index in [1.807, 2.05) is 0 Å².